The Morgan fingerprint density at radius 3 is 1.42 bits per heavy atom. The van der Waals surface area contributed by atoms with Gasteiger partial charge >= 0.3 is 6.18 Å². The lowest BCUT2D eigenvalue weighted by Gasteiger charge is -2.09. The molecular formula is C7H15F5. The Hall–Kier alpha value is -0.350. The molecule has 0 spiro atoms. The topological polar surface area (TPSA) is 0 Å². The van der Waals surface area contributed by atoms with Gasteiger partial charge in [-0.2, -0.15) is 13.2 Å². The molecule has 78 valence electrons. The third kappa shape index (κ3) is 12.3. The maximum Gasteiger partial charge on any atom is 0.394 e. The maximum absolute atomic E-state index is 11.2. The Balaban J connectivity index is -0.000000177. The van der Waals surface area contributed by atoms with E-state index >= 15 is 0 Å². The molecule has 12 heavy (non-hydrogen) atoms. The fourth-order valence-electron chi connectivity index (χ4n) is 0.0875. The van der Waals surface area contributed by atoms with E-state index in [1.165, 1.54) is 6.92 Å². The highest BCUT2D eigenvalue weighted by Gasteiger charge is 2.35. The molecule has 0 aromatic rings. The normalized spacial score (nSPS) is 12.2. The molecule has 0 heterocycles. The molecular weight excluding hydrogens is 179 g/mol. The van der Waals surface area contributed by atoms with Crippen LogP contribution in [0.2, 0.25) is 0 Å². The van der Waals surface area contributed by atoms with Crippen LogP contribution < -0.4 is 0 Å². The molecule has 0 amide bonds. The monoisotopic (exact) mass is 194 g/mol. The molecule has 1 unspecified atom stereocenters. The Morgan fingerprint density at radius 1 is 1.17 bits per heavy atom. The van der Waals surface area contributed by atoms with Crippen molar-refractivity contribution in [3.05, 3.63) is 0 Å². The lowest BCUT2D eigenvalue weighted by molar-refractivity contribution is -0.172. The van der Waals surface area contributed by atoms with Gasteiger partial charge < -0.3 is 0 Å². The van der Waals surface area contributed by atoms with Crippen LogP contribution in [0.3, 0.4) is 0 Å². The molecule has 0 aromatic heterocycles. The lowest BCUT2D eigenvalue weighted by Crippen LogP contribution is -2.21. The Kier molecular flexibility index (Phi) is 12.9. The fourth-order valence-corrected chi connectivity index (χ4v) is 0.0875. The van der Waals surface area contributed by atoms with Gasteiger partial charge in [0.25, 0.3) is 0 Å². The van der Waals surface area contributed by atoms with Crippen molar-refractivity contribution in [2.24, 2.45) is 5.92 Å². The SMILES string of the molecule is C.CC(CF)C(F)(F)F.CCF. The predicted molar refractivity (Wildman–Crippen MR) is 39.6 cm³/mol. The van der Waals surface area contributed by atoms with E-state index in [9.17, 15) is 22.0 Å². The summed E-state index contributed by atoms with van der Waals surface area (Å²) in [6.45, 7) is 0.684. The van der Waals surface area contributed by atoms with Crippen molar-refractivity contribution in [2.75, 3.05) is 13.3 Å². The van der Waals surface area contributed by atoms with Crippen molar-refractivity contribution < 1.29 is 22.0 Å². The summed E-state index contributed by atoms with van der Waals surface area (Å²) in [5.41, 5.74) is 0. The molecule has 0 saturated carbocycles. The minimum absolute atomic E-state index is 0. The van der Waals surface area contributed by atoms with E-state index in [-0.39, 0.29) is 14.1 Å². The summed E-state index contributed by atoms with van der Waals surface area (Å²) >= 11 is 0. The van der Waals surface area contributed by atoms with Gasteiger partial charge in [-0.1, -0.05) is 14.4 Å². The predicted octanol–water partition coefficient (Wildman–Crippen LogP) is 3.77. The van der Waals surface area contributed by atoms with Crippen molar-refractivity contribution in [3.63, 3.8) is 0 Å². The molecule has 1 atom stereocenters. The van der Waals surface area contributed by atoms with Crippen molar-refractivity contribution >= 4 is 0 Å². The van der Waals surface area contributed by atoms with Gasteiger partial charge in [-0.15, -0.1) is 0 Å². The second kappa shape index (κ2) is 8.74. The zero-order valence-electron chi connectivity index (χ0n) is 6.38. The Bertz CT molecular complexity index is 78.4. The number of hydrogen-bond donors (Lipinski definition) is 0. The molecule has 0 aliphatic carbocycles. The molecule has 5 heteroatoms. The Labute approximate surface area is 69.8 Å². The lowest BCUT2D eigenvalue weighted by atomic mass is 10.2. The van der Waals surface area contributed by atoms with Gasteiger partial charge in [-0.25, -0.2) is 0 Å². The van der Waals surface area contributed by atoms with Crippen LogP contribution in [0.25, 0.3) is 0 Å². The highest BCUT2D eigenvalue weighted by atomic mass is 19.4. The minimum Gasteiger partial charge on any atom is -0.251 e. The number of rotatable bonds is 1. The van der Waals surface area contributed by atoms with Crippen LogP contribution in [0.5, 0.6) is 0 Å². The van der Waals surface area contributed by atoms with Crippen LogP contribution in [0.15, 0.2) is 0 Å². The first kappa shape index (κ1) is 17.7. The van der Waals surface area contributed by atoms with Gasteiger partial charge in [0, 0.05) is 0 Å². The summed E-state index contributed by atoms with van der Waals surface area (Å²) in [7, 11) is 0. The van der Waals surface area contributed by atoms with E-state index in [0.29, 0.717) is 0 Å². The molecule has 0 aliphatic rings. The standard InChI is InChI=1S/C4H6F4.C2H5F.CH4/c1-3(2-5)4(6,7)8;1-2-3;/h3H,2H2,1H3;2H2,1H3;1H4. The summed E-state index contributed by atoms with van der Waals surface area (Å²) in [4.78, 5) is 0. The van der Waals surface area contributed by atoms with Crippen LogP contribution in [0.4, 0.5) is 22.0 Å². The molecule has 0 fully saturated rings. The van der Waals surface area contributed by atoms with E-state index in [4.69, 9.17) is 0 Å². The summed E-state index contributed by atoms with van der Waals surface area (Å²) in [5, 5.41) is 0. The van der Waals surface area contributed by atoms with E-state index in [0.717, 1.165) is 6.92 Å². The van der Waals surface area contributed by atoms with Crippen molar-refractivity contribution in [1.82, 2.24) is 0 Å². The van der Waals surface area contributed by atoms with E-state index in [2.05, 4.69) is 0 Å². The number of alkyl halides is 5. The van der Waals surface area contributed by atoms with Crippen molar-refractivity contribution in [2.45, 2.75) is 27.5 Å². The van der Waals surface area contributed by atoms with Crippen LogP contribution in [0.1, 0.15) is 21.3 Å². The van der Waals surface area contributed by atoms with E-state index < -0.39 is 18.8 Å². The summed E-state index contributed by atoms with van der Waals surface area (Å²) < 4.78 is 55.1. The fraction of sp³-hybridized carbons (Fsp3) is 1.00. The summed E-state index contributed by atoms with van der Waals surface area (Å²) in [6.07, 6.45) is -4.37. The molecule has 0 nitrogen and oxygen atoms in total. The van der Waals surface area contributed by atoms with Gasteiger partial charge in [-0.3, -0.25) is 8.78 Å². The third-order valence-electron chi connectivity index (χ3n) is 0.790. The van der Waals surface area contributed by atoms with Gasteiger partial charge in [0.05, 0.1) is 12.6 Å². The first-order chi connectivity index (χ1) is 4.90. The summed E-state index contributed by atoms with van der Waals surface area (Å²) in [5.74, 6) is -1.82. The zero-order valence-corrected chi connectivity index (χ0v) is 6.38. The van der Waals surface area contributed by atoms with Gasteiger partial charge in [-0.05, 0) is 6.92 Å². The van der Waals surface area contributed by atoms with E-state index in [1.807, 2.05) is 0 Å². The second-order valence-corrected chi connectivity index (χ2v) is 1.86. The highest BCUT2D eigenvalue weighted by Crippen LogP contribution is 2.25. The molecule has 0 aliphatic heterocycles. The van der Waals surface area contributed by atoms with Crippen molar-refractivity contribution in [3.8, 4) is 0 Å². The zero-order chi connectivity index (χ0) is 9.49. The maximum atomic E-state index is 11.2. The Morgan fingerprint density at radius 2 is 1.42 bits per heavy atom. The summed E-state index contributed by atoms with van der Waals surface area (Å²) in [6, 6.07) is 0. The molecule has 0 radical (unpaired) electrons. The van der Waals surface area contributed by atoms with Crippen LogP contribution >= 0.6 is 0 Å². The molecule has 0 aromatic carbocycles. The number of hydrogen-bond acceptors (Lipinski definition) is 0. The molecule has 0 N–H and O–H groups in total. The van der Waals surface area contributed by atoms with Crippen molar-refractivity contribution in [1.29, 1.82) is 0 Å². The smallest absolute Gasteiger partial charge is 0.251 e. The molecule has 0 saturated heterocycles. The van der Waals surface area contributed by atoms with E-state index in [1.54, 1.807) is 0 Å². The van der Waals surface area contributed by atoms with Gasteiger partial charge in [0.2, 0.25) is 0 Å². The third-order valence-corrected chi connectivity index (χ3v) is 0.790. The average Bonchev–Trinajstić information content (AvgIpc) is 1.86. The first-order valence-corrected chi connectivity index (χ1v) is 3.08. The van der Waals surface area contributed by atoms with Gasteiger partial charge in [0.15, 0.2) is 0 Å². The minimum atomic E-state index is -4.37. The van der Waals surface area contributed by atoms with Gasteiger partial charge in [0.1, 0.15) is 6.67 Å². The highest BCUT2D eigenvalue weighted by molar-refractivity contribution is 4.58. The van der Waals surface area contributed by atoms with Crippen LogP contribution in [0, 0.1) is 5.92 Å². The first-order valence-electron chi connectivity index (χ1n) is 3.08. The average molecular weight is 194 g/mol. The molecule has 0 bridgehead atoms. The molecule has 0 rings (SSSR count). The largest absolute Gasteiger partial charge is 0.394 e. The number of halogens is 5. The van der Waals surface area contributed by atoms with Crippen LogP contribution in [-0.4, -0.2) is 19.5 Å². The van der Waals surface area contributed by atoms with Crippen LogP contribution in [-0.2, 0) is 0 Å². The second-order valence-electron chi connectivity index (χ2n) is 1.86. The quantitative estimate of drug-likeness (QED) is 0.557.